The zero-order chi connectivity index (χ0) is 19.2. The van der Waals surface area contributed by atoms with Gasteiger partial charge in [0.05, 0.1) is 16.6 Å². The summed E-state index contributed by atoms with van der Waals surface area (Å²) >= 11 is 6.51. The van der Waals surface area contributed by atoms with Crippen LogP contribution >= 0.6 is 11.6 Å². The molecule has 0 aliphatic heterocycles. The Hall–Kier alpha value is -2.46. The van der Waals surface area contributed by atoms with Gasteiger partial charge in [-0.05, 0) is 35.6 Å². The zero-order valence-electron chi connectivity index (χ0n) is 15.5. The number of hydrogen-bond donors (Lipinski definition) is 1. The molecule has 5 heteroatoms. The Morgan fingerprint density at radius 3 is 2.50 bits per heavy atom. The molecule has 3 rings (SSSR count). The molecule has 0 fully saturated rings. The molecule has 134 valence electrons. The lowest BCUT2D eigenvalue weighted by atomic mass is 9.85. The van der Waals surface area contributed by atoms with E-state index in [4.69, 9.17) is 11.6 Å². The molecule has 26 heavy (non-hydrogen) atoms. The van der Waals surface area contributed by atoms with Gasteiger partial charge in [0.1, 0.15) is 5.69 Å². The minimum Gasteiger partial charge on any atom is -0.354 e. The number of halogens is 1. The fourth-order valence-electron chi connectivity index (χ4n) is 3.16. The number of aromatic amines is 1. The van der Waals surface area contributed by atoms with Crippen molar-refractivity contribution in [3.63, 3.8) is 0 Å². The molecule has 0 saturated heterocycles. The van der Waals surface area contributed by atoms with Crippen molar-refractivity contribution in [3.05, 3.63) is 62.5 Å². The highest BCUT2D eigenvalue weighted by Crippen LogP contribution is 2.35. The number of aromatic nitrogens is 2. The van der Waals surface area contributed by atoms with Crippen LogP contribution in [0.15, 0.2) is 35.3 Å². The van der Waals surface area contributed by atoms with Gasteiger partial charge in [0.15, 0.2) is 11.2 Å². The van der Waals surface area contributed by atoms with Gasteiger partial charge >= 0.3 is 0 Å². The molecule has 0 unspecified atom stereocenters. The van der Waals surface area contributed by atoms with Crippen LogP contribution in [0.3, 0.4) is 0 Å². The smallest absolute Gasteiger partial charge is 0.192 e. The molecule has 0 aliphatic carbocycles. The number of Topliss-reactive ketones (excluding diaryl/α,β-unsaturated/α-hetero) is 1. The topological polar surface area (TPSA) is 62.8 Å². The van der Waals surface area contributed by atoms with Gasteiger partial charge in [0.25, 0.3) is 0 Å². The first-order chi connectivity index (χ1) is 12.1. The summed E-state index contributed by atoms with van der Waals surface area (Å²) in [5.74, 6) is -0.234. The normalized spacial score (nSPS) is 11.8. The van der Waals surface area contributed by atoms with Gasteiger partial charge in [0.2, 0.25) is 0 Å². The number of hydrogen-bond acceptors (Lipinski definition) is 3. The average Bonchev–Trinajstić information content (AvgIpc) is 2.54. The van der Waals surface area contributed by atoms with Crippen molar-refractivity contribution in [3.8, 4) is 11.3 Å². The van der Waals surface area contributed by atoms with E-state index in [1.807, 2.05) is 13.0 Å². The van der Waals surface area contributed by atoms with E-state index in [9.17, 15) is 9.59 Å². The average molecular weight is 369 g/mol. The van der Waals surface area contributed by atoms with Crippen molar-refractivity contribution < 1.29 is 4.79 Å². The molecule has 4 nitrogen and oxygen atoms in total. The maximum absolute atomic E-state index is 12.7. The quantitative estimate of drug-likeness (QED) is 0.643. The summed E-state index contributed by atoms with van der Waals surface area (Å²) < 4.78 is 0. The SMILES string of the molecule is CC(=O)c1nccc2[nH]c(-c3cc(Cl)c(C(C)(C)C)cc3C)cc(=O)c12. The predicted octanol–water partition coefficient (Wildman–Crippen LogP) is 5.05. The molecular formula is C21H21ClN2O2. The number of nitrogens with zero attached hydrogens (tertiary/aromatic N) is 1. The van der Waals surface area contributed by atoms with Gasteiger partial charge in [-0.1, -0.05) is 38.4 Å². The number of pyridine rings is 2. The van der Waals surface area contributed by atoms with Crippen LogP contribution in [0.4, 0.5) is 0 Å². The highest BCUT2D eigenvalue weighted by atomic mass is 35.5. The van der Waals surface area contributed by atoms with E-state index in [1.165, 1.54) is 19.2 Å². The van der Waals surface area contributed by atoms with Crippen molar-refractivity contribution in [1.82, 2.24) is 9.97 Å². The van der Waals surface area contributed by atoms with E-state index in [2.05, 4.69) is 36.8 Å². The summed E-state index contributed by atoms with van der Waals surface area (Å²) in [5.41, 5.74) is 4.09. The molecule has 3 aromatic rings. The first-order valence-corrected chi connectivity index (χ1v) is 8.81. The molecule has 2 heterocycles. The third-order valence-corrected chi connectivity index (χ3v) is 4.80. The minimum atomic E-state index is -0.234. The number of aryl methyl sites for hydroxylation is 1. The van der Waals surface area contributed by atoms with Crippen LogP contribution in [0, 0.1) is 6.92 Å². The fourth-order valence-corrected chi connectivity index (χ4v) is 3.61. The van der Waals surface area contributed by atoms with E-state index in [0.717, 1.165) is 16.7 Å². The monoisotopic (exact) mass is 368 g/mol. The Kier molecular flexibility index (Phi) is 4.49. The van der Waals surface area contributed by atoms with E-state index >= 15 is 0 Å². The molecule has 0 atom stereocenters. The van der Waals surface area contributed by atoms with Gasteiger partial charge < -0.3 is 4.98 Å². The second-order valence-corrected chi connectivity index (χ2v) is 7.99. The molecule has 0 bridgehead atoms. The second-order valence-electron chi connectivity index (χ2n) is 7.58. The van der Waals surface area contributed by atoms with E-state index in [1.54, 1.807) is 6.07 Å². The predicted molar refractivity (Wildman–Crippen MR) is 106 cm³/mol. The van der Waals surface area contributed by atoms with Gasteiger partial charge in [-0.2, -0.15) is 0 Å². The van der Waals surface area contributed by atoms with Gasteiger partial charge in [-0.15, -0.1) is 0 Å². The Bertz CT molecular complexity index is 1090. The van der Waals surface area contributed by atoms with Crippen molar-refractivity contribution in [1.29, 1.82) is 0 Å². The first-order valence-electron chi connectivity index (χ1n) is 8.43. The van der Waals surface area contributed by atoms with Crippen molar-refractivity contribution in [2.75, 3.05) is 0 Å². The number of rotatable bonds is 2. The number of carbonyl (C=O) groups excluding carboxylic acids is 1. The maximum atomic E-state index is 12.7. The Morgan fingerprint density at radius 2 is 1.88 bits per heavy atom. The fraction of sp³-hybridized carbons (Fsp3) is 0.286. The molecule has 0 radical (unpaired) electrons. The number of benzene rings is 1. The number of nitrogens with one attached hydrogen (secondary N) is 1. The molecule has 2 aromatic heterocycles. The largest absolute Gasteiger partial charge is 0.354 e. The number of ketones is 1. The summed E-state index contributed by atoms with van der Waals surface area (Å²) in [6, 6.07) is 7.16. The molecule has 0 saturated carbocycles. The lowest BCUT2D eigenvalue weighted by Crippen LogP contribution is -2.13. The maximum Gasteiger partial charge on any atom is 0.192 e. The van der Waals surface area contributed by atoms with E-state index in [0.29, 0.717) is 21.6 Å². The van der Waals surface area contributed by atoms with Crippen LogP contribution < -0.4 is 5.43 Å². The zero-order valence-corrected chi connectivity index (χ0v) is 16.3. The van der Waals surface area contributed by atoms with E-state index < -0.39 is 0 Å². The standard InChI is InChI=1S/C21H21ClN2O2/c1-11-8-14(21(3,4)5)15(22)9-13(11)17-10-18(26)19-16(24-17)6-7-23-20(19)12(2)25/h6-10H,1-5H3,(H,24,26). The number of H-pyrrole nitrogens is 1. The summed E-state index contributed by atoms with van der Waals surface area (Å²) in [7, 11) is 0. The second kappa shape index (κ2) is 6.36. The number of fused-ring (bicyclic) bond motifs is 1. The van der Waals surface area contributed by atoms with Gasteiger partial charge in [0, 0.05) is 29.8 Å². The summed E-state index contributed by atoms with van der Waals surface area (Å²) in [6.07, 6.45) is 1.53. The van der Waals surface area contributed by atoms with Crippen LogP contribution in [0.2, 0.25) is 5.02 Å². The van der Waals surface area contributed by atoms with Gasteiger partial charge in [-0.25, -0.2) is 0 Å². The van der Waals surface area contributed by atoms with Crippen LogP contribution in [0.1, 0.15) is 49.3 Å². The highest BCUT2D eigenvalue weighted by molar-refractivity contribution is 6.31. The molecule has 0 amide bonds. The Morgan fingerprint density at radius 1 is 1.19 bits per heavy atom. The Labute approximate surface area is 157 Å². The third-order valence-electron chi connectivity index (χ3n) is 4.49. The highest BCUT2D eigenvalue weighted by Gasteiger charge is 2.20. The lowest BCUT2D eigenvalue weighted by molar-refractivity contribution is 0.101. The first kappa shape index (κ1) is 18.3. The van der Waals surface area contributed by atoms with Crippen LogP contribution in [0.25, 0.3) is 22.2 Å². The molecule has 1 aromatic carbocycles. The van der Waals surface area contributed by atoms with Crippen LogP contribution in [-0.2, 0) is 5.41 Å². The molecule has 0 spiro atoms. The molecule has 1 N–H and O–H groups in total. The van der Waals surface area contributed by atoms with Crippen molar-refractivity contribution in [2.45, 2.75) is 40.0 Å². The summed E-state index contributed by atoms with van der Waals surface area (Å²) in [6.45, 7) is 9.74. The van der Waals surface area contributed by atoms with Gasteiger partial charge in [-0.3, -0.25) is 14.6 Å². The number of carbonyl (C=O) groups is 1. The third kappa shape index (κ3) is 3.17. The lowest BCUT2D eigenvalue weighted by Gasteiger charge is -2.22. The van der Waals surface area contributed by atoms with E-state index in [-0.39, 0.29) is 22.3 Å². The summed E-state index contributed by atoms with van der Waals surface area (Å²) in [4.78, 5) is 31.7. The molecular weight excluding hydrogens is 348 g/mol. The van der Waals surface area contributed by atoms with Crippen molar-refractivity contribution >= 4 is 28.3 Å². The van der Waals surface area contributed by atoms with Crippen molar-refractivity contribution in [2.24, 2.45) is 0 Å². The van der Waals surface area contributed by atoms with Crippen LogP contribution in [-0.4, -0.2) is 15.8 Å². The Balaban J connectivity index is 2.26. The molecule has 0 aliphatic rings. The van der Waals surface area contributed by atoms with Crippen LogP contribution in [0.5, 0.6) is 0 Å². The summed E-state index contributed by atoms with van der Waals surface area (Å²) in [5, 5.41) is 0.983. The minimum absolute atomic E-state index is 0.0702.